The quantitative estimate of drug-likeness (QED) is 0.0206. The van der Waals surface area contributed by atoms with Crippen LogP contribution in [0.1, 0.15) is 181 Å². The molecule has 0 saturated heterocycles. The van der Waals surface area contributed by atoms with Gasteiger partial charge in [-0.05, 0) is 44.9 Å². The third kappa shape index (κ3) is 35.0. The number of allylic oxidation sites excluding steroid dienone is 4. The maximum atomic E-state index is 12.3. The molecule has 52 heavy (non-hydrogen) atoms. The molecule has 0 aromatic rings. The Hall–Kier alpha value is -2.04. The van der Waals surface area contributed by atoms with Crippen molar-refractivity contribution in [2.45, 2.75) is 193 Å². The molecule has 0 aliphatic rings. The third-order valence-corrected chi connectivity index (χ3v) is 9.69. The monoisotopic (exact) mass is 760 g/mol. The lowest BCUT2D eigenvalue weighted by Crippen LogP contribution is -2.43. The van der Waals surface area contributed by atoms with E-state index in [1.54, 1.807) is 0 Å². The largest absolute Gasteiger partial charge is 0.480 e. The molecule has 0 heterocycles. The fourth-order valence-electron chi connectivity index (χ4n) is 5.52. The smallest absolute Gasteiger partial charge is 0.472 e. The second kappa shape index (κ2) is 36.0. The molecule has 0 radical (unpaired) electrons. The summed E-state index contributed by atoms with van der Waals surface area (Å²) in [7, 11) is -4.75. The summed E-state index contributed by atoms with van der Waals surface area (Å²) in [6.07, 6.45) is 34.9. The number of amides is 1. The van der Waals surface area contributed by atoms with Gasteiger partial charge in [-0.3, -0.25) is 18.6 Å². The van der Waals surface area contributed by atoms with Crippen LogP contribution in [0.2, 0.25) is 0 Å². The summed E-state index contributed by atoms with van der Waals surface area (Å²) in [5.41, 5.74) is 0. The highest BCUT2D eigenvalue weighted by atomic mass is 31.2. The predicted molar refractivity (Wildman–Crippen MR) is 208 cm³/mol. The minimum atomic E-state index is -4.75. The molecule has 4 N–H and O–H groups in total. The zero-order valence-electron chi connectivity index (χ0n) is 32.6. The molecule has 0 rings (SSSR count). The highest BCUT2D eigenvalue weighted by molar-refractivity contribution is 7.47. The van der Waals surface area contributed by atoms with E-state index in [1.807, 2.05) is 0 Å². The van der Waals surface area contributed by atoms with Crippen molar-refractivity contribution in [3.05, 3.63) is 24.3 Å². The number of carbonyl (C=O) groups excluding carboxylic acids is 2. The van der Waals surface area contributed by atoms with Gasteiger partial charge in [-0.25, -0.2) is 9.36 Å². The van der Waals surface area contributed by atoms with Crippen LogP contribution in [0, 0.1) is 0 Å². The van der Waals surface area contributed by atoms with Gasteiger partial charge < -0.3 is 25.2 Å². The first-order valence-electron chi connectivity index (χ1n) is 20.4. The van der Waals surface area contributed by atoms with Crippen molar-refractivity contribution in [2.75, 3.05) is 19.8 Å². The van der Waals surface area contributed by atoms with Crippen LogP contribution in [0.15, 0.2) is 24.3 Å². The van der Waals surface area contributed by atoms with Crippen molar-refractivity contribution in [3.8, 4) is 0 Å². The van der Waals surface area contributed by atoms with Gasteiger partial charge in [0.05, 0.1) is 13.2 Å². The van der Waals surface area contributed by atoms with Gasteiger partial charge in [-0.2, -0.15) is 0 Å². The molecule has 0 aromatic carbocycles. The molecular formula is C40H74NO10P. The number of carboxylic acid groups (broad SMARTS) is 1. The van der Waals surface area contributed by atoms with Crippen LogP contribution >= 0.6 is 7.82 Å². The SMILES string of the molecule is CCCCC/C=C\C/C=C\CCCCCCCCCC(=O)NC(COP(=O)(O)OCC(O)COC(=O)CCCCCCCCCCCCC)C(=O)O. The summed E-state index contributed by atoms with van der Waals surface area (Å²) in [5, 5.41) is 21.8. The topological polar surface area (TPSA) is 169 Å². The number of aliphatic hydroxyl groups excluding tert-OH is 1. The van der Waals surface area contributed by atoms with Crippen LogP contribution in [0.4, 0.5) is 0 Å². The van der Waals surface area contributed by atoms with E-state index in [-0.39, 0.29) is 12.8 Å². The Bertz CT molecular complexity index is 989. The van der Waals surface area contributed by atoms with Crippen molar-refractivity contribution >= 4 is 25.7 Å². The van der Waals surface area contributed by atoms with Crippen LogP contribution in [0.25, 0.3) is 0 Å². The average Bonchev–Trinajstić information content (AvgIpc) is 3.11. The number of nitrogens with one attached hydrogen (secondary N) is 1. The van der Waals surface area contributed by atoms with E-state index in [2.05, 4.69) is 43.5 Å². The van der Waals surface area contributed by atoms with E-state index < -0.39 is 57.6 Å². The number of rotatable bonds is 38. The lowest BCUT2D eigenvalue weighted by Gasteiger charge is -2.18. The molecule has 0 saturated carbocycles. The van der Waals surface area contributed by atoms with Crippen molar-refractivity contribution in [1.82, 2.24) is 5.32 Å². The van der Waals surface area contributed by atoms with Crippen molar-refractivity contribution in [2.24, 2.45) is 0 Å². The number of ether oxygens (including phenoxy) is 1. The lowest BCUT2D eigenvalue weighted by molar-refractivity contribution is -0.147. The maximum Gasteiger partial charge on any atom is 0.472 e. The molecule has 0 bridgehead atoms. The number of unbranched alkanes of at least 4 members (excludes halogenated alkanes) is 20. The number of esters is 1. The Kier molecular flexibility index (Phi) is 34.6. The van der Waals surface area contributed by atoms with Crippen LogP contribution < -0.4 is 5.32 Å². The summed E-state index contributed by atoms with van der Waals surface area (Å²) in [6.45, 7) is 2.54. The molecule has 0 spiro atoms. The Labute approximate surface area is 315 Å². The summed E-state index contributed by atoms with van der Waals surface area (Å²) in [6, 6.07) is -1.55. The van der Waals surface area contributed by atoms with Crippen LogP contribution in [-0.4, -0.2) is 64.9 Å². The molecule has 3 atom stereocenters. The molecule has 11 nitrogen and oxygen atoms in total. The fraction of sp³-hybridized carbons (Fsp3) is 0.825. The number of hydrogen-bond acceptors (Lipinski definition) is 8. The Morgan fingerprint density at radius 3 is 1.60 bits per heavy atom. The molecule has 1 amide bonds. The Morgan fingerprint density at radius 2 is 1.06 bits per heavy atom. The number of phosphoric acid groups is 1. The Morgan fingerprint density at radius 1 is 0.615 bits per heavy atom. The first kappa shape index (κ1) is 50.0. The van der Waals surface area contributed by atoms with Gasteiger partial charge in [-0.15, -0.1) is 0 Å². The second-order valence-corrected chi connectivity index (χ2v) is 15.3. The highest BCUT2D eigenvalue weighted by Gasteiger charge is 2.28. The van der Waals surface area contributed by atoms with Gasteiger partial charge in [0.1, 0.15) is 12.7 Å². The summed E-state index contributed by atoms with van der Waals surface area (Å²) in [4.78, 5) is 45.7. The number of hydrogen-bond donors (Lipinski definition) is 4. The van der Waals surface area contributed by atoms with E-state index in [0.717, 1.165) is 57.8 Å². The normalized spacial score (nSPS) is 14.1. The van der Waals surface area contributed by atoms with E-state index in [9.17, 15) is 34.1 Å². The van der Waals surface area contributed by atoms with Gasteiger partial charge in [0.2, 0.25) is 5.91 Å². The number of carbonyl (C=O) groups is 3. The van der Waals surface area contributed by atoms with Gasteiger partial charge in [0.15, 0.2) is 6.04 Å². The minimum Gasteiger partial charge on any atom is -0.480 e. The zero-order chi connectivity index (χ0) is 38.5. The van der Waals surface area contributed by atoms with Crippen molar-refractivity contribution < 1.29 is 47.8 Å². The van der Waals surface area contributed by atoms with E-state index in [1.165, 1.54) is 83.5 Å². The first-order chi connectivity index (χ1) is 25.1. The van der Waals surface area contributed by atoms with Gasteiger partial charge in [0.25, 0.3) is 0 Å². The van der Waals surface area contributed by atoms with Gasteiger partial charge in [-0.1, -0.05) is 147 Å². The minimum absolute atomic E-state index is 0.138. The summed E-state index contributed by atoms with van der Waals surface area (Å²) < 4.78 is 26.7. The molecule has 3 unspecified atom stereocenters. The van der Waals surface area contributed by atoms with Crippen molar-refractivity contribution in [3.63, 3.8) is 0 Å². The number of aliphatic hydroxyl groups is 1. The van der Waals surface area contributed by atoms with Gasteiger partial charge >= 0.3 is 19.8 Å². The average molecular weight is 760 g/mol. The molecule has 0 aliphatic heterocycles. The summed E-state index contributed by atoms with van der Waals surface area (Å²) in [5.74, 6) is -2.38. The molecule has 304 valence electrons. The van der Waals surface area contributed by atoms with Crippen LogP contribution in [-0.2, 0) is 32.7 Å². The van der Waals surface area contributed by atoms with Crippen LogP contribution in [0.5, 0.6) is 0 Å². The van der Waals surface area contributed by atoms with Crippen LogP contribution in [0.3, 0.4) is 0 Å². The van der Waals surface area contributed by atoms with Gasteiger partial charge in [0, 0.05) is 12.8 Å². The zero-order valence-corrected chi connectivity index (χ0v) is 33.5. The fourth-order valence-corrected chi connectivity index (χ4v) is 6.29. The standard InChI is InChI=1S/C40H74NO10P/c1-3-5-7-9-11-13-15-16-17-18-19-20-22-23-25-27-29-31-38(43)41-37(40(45)46)35-51-52(47,48)50-34-36(42)33-49-39(44)32-30-28-26-24-21-14-12-10-8-6-4-2/h11,13,16-17,36-37,42H,3-10,12,14-15,18-35H2,1-2H3,(H,41,43)(H,45,46)(H,47,48)/b13-11-,17-16-. The number of phosphoric ester groups is 1. The van der Waals surface area contributed by atoms with E-state index in [0.29, 0.717) is 12.8 Å². The maximum absolute atomic E-state index is 12.3. The van der Waals surface area contributed by atoms with E-state index in [4.69, 9.17) is 13.8 Å². The lowest BCUT2D eigenvalue weighted by atomic mass is 10.1. The van der Waals surface area contributed by atoms with E-state index >= 15 is 0 Å². The molecule has 0 aliphatic carbocycles. The first-order valence-corrected chi connectivity index (χ1v) is 21.9. The number of carboxylic acids is 1. The number of aliphatic carboxylic acids is 1. The van der Waals surface area contributed by atoms with Crippen molar-refractivity contribution in [1.29, 1.82) is 0 Å². The second-order valence-electron chi connectivity index (χ2n) is 13.8. The Balaban J connectivity index is 3.95. The predicted octanol–water partition coefficient (Wildman–Crippen LogP) is 9.89. The molecular weight excluding hydrogens is 685 g/mol. The third-order valence-electron chi connectivity index (χ3n) is 8.74. The summed E-state index contributed by atoms with van der Waals surface area (Å²) >= 11 is 0. The molecule has 0 aromatic heterocycles. The molecule has 12 heteroatoms. The highest BCUT2D eigenvalue weighted by Crippen LogP contribution is 2.43. The molecule has 0 fully saturated rings.